The number of nitrogens with zero attached hydrogens (tertiary/aromatic N) is 1. The zero-order chi connectivity index (χ0) is 8.91. The van der Waals surface area contributed by atoms with Gasteiger partial charge in [-0.15, -0.1) is 0 Å². The van der Waals surface area contributed by atoms with Crippen LogP contribution in [0.3, 0.4) is 0 Å². The third-order valence-electron chi connectivity index (χ3n) is 2.49. The van der Waals surface area contributed by atoms with Crippen molar-refractivity contribution < 1.29 is 0 Å². The summed E-state index contributed by atoms with van der Waals surface area (Å²) >= 11 is 0. The predicted molar refractivity (Wildman–Crippen MR) is 50.9 cm³/mol. The molecule has 0 aliphatic heterocycles. The first-order valence-electron chi connectivity index (χ1n) is 4.37. The molecule has 1 unspecified atom stereocenters. The summed E-state index contributed by atoms with van der Waals surface area (Å²) < 4.78 is 0. The molecular weight excluding hydrogens is 136 g/mol. The highest BCUT2D eigenvalue weighted by Crippen LogP contribution is 2.13. The zero-order valence-electron chi connectivity index (χ0n) is 8.57. The molecule has 0 radical (unpaired) electrons. The molecule has 0 amide bonds. The van der Waals surface area contributed by atoms with Gasteiger partial charge in [-0.05, 0) is 47.5 Å². The lowest BCUT2D eigenvalue weighted by atomic mass is 9.95. The van der Waals surface area contributed by atoms with E-state index in [1.807, 2.05) is 7.05 Å². The van der Waals surface area contributed by atoms with E-state index in [0.717, 1.165) is 6.54 Å². The maximum Gasteiger partial charge on any atom is 0.0159 e. The first kappa shape index (κ1) is 10.9. The Bertz CT molecular complexity index is 95.7. The van der Waals surface area contributed by atoms with E-state index >= 15 is 0 Å². The molecule has 0 rings (SSSR count). The Labute approximate surface area is 71.0 Å². The van der Waals surface area contributed by atoms with Crippen LogP contribution in [0.15, 0.2) is 0 Å². The van der Waals surface area contributed by atoms with Crippen molar-refractivity contribution in [1.82, 2.24) is 10.2 Å². The fourth-order valence-electron chi connectivity index (χ4n) is 0.949. The van der Waals surface area contributed by atoms with Crippen molar-refractivity contribution in [2.75, 3.05) is 27.7 Å². The lowest BCUT2D eigenvalue weighted by Gasteiger charge is -2.29. The molecule has 2 heteroatoms. The molecule has 68 valence electrons. The summed E-state index contributed by atoms with van der Waals surface area (Å²) in [6.07, 6.45) is 2.41. The highest BCUT2D eigenvalue weighted by atomic mass is 15.1. The number of hydrogen-bond acceptors (Lipinski definition) is 2. The molecule has 0 fully saturated rings. The van der Waals surface area contributed by atoms with E-state index < -0.39 is 0 Å². The van der Waals surface area contributed by atoms with Gasteiger partial charge in [0.1, 0.15) is 0 Å². The summed E-state index contributed by atoms with van der Waals surface area (Å²) in [5.74, 6) is 0. The standard InChI is InChI=1S/C9H22N2/c1-6-9(2,10-3)7-8-11(4)5/h10H,6-8H2,1-5H3. The summed E-state index contributed by atoms with van der Waals surface area (Å²) in [7, 11) is 6.27. The fourth-order valence-corrected chi connectivity index (χ4v) is 0.949. The summed E-state index contributed by atoms with van der Waals surface area (Å²) in [6, 6.07) is 0. The van der Waals surface area contributed by atoms with E-state index in [2.05, 4.69) is 38.2 Å². The molecule has 1 N–H and O–H groups in total. The zero-order valence-corrected chi connectivity index (χ0v) is 8.57. The van der Waals surface area contributed by atoms with Gasteiger partial charge in [0.05, 0.1) is 0 Å². The minimum atomic E-state index is 0.324. The monoisotopic (exact) mass is 158 g/mol. The molecule has 0 heterocycles. The highest BCUT2D eigenvalue weighted by molar-refractivity contribution is 4.80. The molecule has 11 heavy (non-hydrogen) atoms. The van der Waals surface area contributed by atoms with Crippen molar-refractivity contribution in [3.63, 3.8) is 0 Å². The Balaban J connectivity index is 3.69. The molecule has 0 saturated carbocycles. The van der Waals surface area contributed by atoms with E-state index in [4.69, 9.17) is 0 Å². The molecular formula is C9H22N2. The number of hydrogen-bond donors (Lipinski definition) is 1. The molecule has 0 aliphatic carbocycles. The van der Waals surface area contributed by atoms with Crippen LogP contribution in [0.5, 0.6) is 0 Å². The van der Waals surface area contributed by atoms with Crippen LogP contribution in [-0.2, 0) is 0 Å². The normalized spacial score (nSPS) is 16.9. The molecule has 0 spiro atoms. The van der Waals surface area contributed by atoms with Crippen LogP contribution in [0.2, 0.25) is 0 Å². The van der Waals surface area contributed by atoms with Crippen molar-refractivity contribution in [3.05, 3.63) is 0 Å². The van der Waals surface area contributed by atoms with Gasteiger partial charge in [-0.1, -0.05) is 6.92 Å². The summed E-state index contributed by atoms with van der Waals surface area (Å²) in [4.78, 5) is 2.23. The van der Waals surface area contributed by atoms with Crippen LogP contribution in [0.4, 0.5) is 0 Å². The van der Waals surface area contributed by atoms with E-state index in [1.54, 1.807) is 0 Å². The Morgan fingerprint density at radius 3 is 2.18 bits per heavy atom. The average molecular weight is 158 g/mol. The predicted octanol–water partition coefficient (Wildman–Crippen LogP) is 1.33. The lowest BCUT2D eigenvalue weighted by Crippen LogP contribution is -2.41. The largest absolute Gasteiger partial charge is 0.314 e. The van der Waals surface area contributed by atoms with Crippen LogP contribution >= 0.6 is 0 Å². The van der Waals surface area contributed by atoms with Crippen molar-refractivity contribution >= 4 is 0 Å². The van der Waals surface area contributed by atoms with Gasteiger partial charge in [-0.25, -0.2) is 0 Å². The molecule has 0 aliphatic rings. The van der Waals surface area contributed by atoms with Crippen molar-refractivity contribution in [1.29, 1.82) is 0 Å². The maximum atomic E-state index is 3.36. The van der Waals surface area contributed by atoms with Gasteiger partial charge in [0, 0.05) is 5.54 Å². The molecule has 1 atom stereocenters. The molecule has 0 aromatic rings. The highest BCUT2D eigenvalue weighted by Gasteiger charge is 2.18. The number of nitrogens with one attached hydrogen (secondary N) is 1. The Morgan fingerprint density at radius 1 is 1.36 bits per heavy atom. The second-order valence-electron chi connectivity index (χ2n) is 3.72. The van der Waals surface area contributed by atoms with Gasteiger partial charge in [0.2, 0.25) is 0 Å². The topological polar surface area (TPSA) is 15.3 Å². The smallest absolute Gasteiger partial charge is 0.0159 e. The van der Waals surface area contributed by atoms with Crippen LogP contribution < -0.4 is 5.32 Å². The van der Waals surface area contributed by atoms with Crippen molar-refractivity contribution in [2.24, 2.45) is 0 Å². The maximum absolute atomic E-state index is 3.36. The van der Waals surface area contributed by atoms with Gasteiger partial charge in [0.25, 0.3) is 0 Å². The fraction of sp³-hybridized carbons (Fsp3) is 1.00. The van der Waals surface area contributed by atoms with Gasteiger partial charge in [-0.3, -0.25) is 0 Å². The molecule has 0 aromatic heterocycles. The van der Waals surface area contributed by atoms with E-state index in [0.29, 0.717) is 5.54 Å². The lowest BCUT2D eigenvalue weighted by molar-refractivity contribution is 0.287. The summed E-state index contributed by atoms with van der Waals surface area (Å²) in [5.41, 5.74) is 0.324. The van der Waals surface area contributed by atoms with E-state index in [-0.39, 0.29) is 0 Å². The van der Waals surface area contributed by atoms with Gasteiger partial charge >= 0.3 is 0 Å². The van der Waals surface area contributed by atoms with E-state index in [1.165, 1.54) is 12.8 Å². The molecule has 2 nitrogen and oxygen atoms in total. The minimum Gasteiger partial charge on any atom is -0.314 e. The third-order valence-corrected chi connectivity index (χ3v) is 2.49. The molecule has 0 bridgehead atoms. The van der Waals surface area contributed by atoms with Crippen molar-refractivity contribution in [3.8, 4) is 0 Å². The van der Waals surface area contributed by atoms with E-state index in [9.17, 15) is 0 Å². The van der Waals surface area contributed by atoms with Gasteiger partial charge in [0.15, 0.2) is 0 Å². The summed E-state index contributed by atoms with van der Waals surface area (Å²) in [6.45, 7) is 5.66. The second kappa shape index (κ2) is 4.73. The average Bonchev–Trinajstić information content (AvgIpc) is 2.00. The first-order valence-corrected chi connectivity index (χ1v) is 4.37. The third kappa shape index (κ3) is 4.38. The molecule has 0 aromatic carbocycles. The van der Waals surface area contributed by atoms with Crippen LogP contribution in [-0.4, -0.2) is 38.1 Å². The molecule has 0 saturated heterocycles. The Hall–Kier alpha value is -0.0800. The van der Waals surface area contributed by atoms with Crippen molar-refractivity contribution in [2.45, 2.75) is 32.2 Å². The van der Waals surface area contributed by atoms with Crippen LogP contribution in [0, 0.1) is 0 Å². The second-order valence-corrected chi connectivity index (χ2v) is 3.72. The van der Waals surface area contributed by atoms with Gasteiger partial charge < -0.3 is 10.2 Å². The van der Waals surface area contributed by atoms with Crippen LogP contribution in [0.25, 0.3) is 0 Å². The quantitative estimate of drug-likeness (QED) is 0.649. The Morgan fingerprint density at radius 2 is 1.91 bits per heavy atom. The van der Waals surface area contributed by atoms with Crippen LogP contribution in [0.1, 0.15) is 26.7 Å². The SMILES string of the molecule is CCC(C)(CCN(C)C)NC. The van der Waals surface area contributed by atoms with Gasteiger partial charge in [-0.2, -0.15) is 0 Å². The minimum absolute atomic E-state index is 0.324. The number of rotatable bonds is 5. The summed E-state index contributed by atoms with van der Waals surface area (Å²) in [5, 5.41) is 3.36. The Kier molecular flexibility index (Phi) is 4.69. The first-order chi connectivity index (χ1) is 5.04.